The van der Waals surface area contributed by atoms with Crippen molar-refractivity contribution in [1.29, 1.82) is 0 Å². The Bertz CT molecular complexity index is 891. The largest absolute Gasteiger partial charge is 0.479 e. The maximum Gasteiger partial charge on any atom is 0.335 e. The van der Waals surface area contributed by atoms with E-state index in [4.69, 9.17) is 12.2 Å². The van der Waals surface area contributed by atoms with Crippen LogP contribution >= 0.6 is 0 Å². The zero-order valence-electron chi connectivity index (χ0n) is 22.4. The summed E-state index contributed by atoms with van der Waals surface area (Å²) >= 11 is 0. The second-order valence-corrected chi connectivity index (χ2v) is 11.6. The third kappa shape index (κ3) is 3.67. The molecule has 5 aliphatic rings. The van der Waals surface area contributed by atoms with Crippen molar-refractivity contribution in [1.82, 2.24) is 0 Å². The van der Waals surface area contributed by atoms with Gasteiger partial charge in [-0.2, -0.15) is 0 Å². The zero-order chi connectivity index (χ0) is 26.4. The van der Waals surface area contributed by atoms with E-state index in [0.717, 1.165) is 38.5 Å². The Morgan fingerprint density at radius 2 is 1.67 bits per heavy atom. The first-order chi connectivity index (χ1) is 16.7. The van der Waals surface area contributed by atoms with Crippen molar-refractivity contribution in [2.45, 2.75) is 114 Å². The highest BCUT2D eigenvalue weighted by atomic mass is 16.7. The Labute approximate surface area is 199 Å². The average molecular weight is 472 g/mol. The van der Waals surface area contributed by atoms with Crippen molar-refractivity contribution in [3.05, 3.63) is 0 Å². The van der Waals surface area contributed by atoms with Gasteiger partial charge in [-0.1, -0.05) is 13.8 Å². The van der Waals surface area contributed by atoms with Gasteiger partial charge in [0.2, 0.25) is 0 Å². The molecule has 0 radical (unpaired) electrons. The molecule has 0 aromatic rings. The number of carbonyl (C=O) groups is 1. The highest BCUT2D eigenvalue weighted by Crippen LogP contribution is 2.66. The zero-order valence-corrected chi connectivity index (χ0v) is 19.4. The van der Waals surface area contributed by atoms with Crippen LogP contribution in [-0.4, -0.2) is 74.4 Å². The number of ether oxygens (including phenoxy) is 2. The smallest absolute Gasteiger partial charge is 0.335 e. The van der Waals surface area contributed by atoms with Crippen LogP contribution in [0, 0.1) is 34.5 Å². The molecule has 0 spiro atoms. The van der Waals surface area contributed by atoms with Gasteiger partial charge in [-0.05, 0) is 92.2 Å². The lowest BCUT2D eigenvalue weighted by atomic mass is 9.45. The quantitative estimate of drug-likeness (QED) is 0.419. The first kappa shape index (κ1) is 20.4. The SMILES string of the molecule is [2H]C1([2H])C[C@H]2[C@@H]3CC[C@H]4C[C@H](O)CC[C@]4(C)[C@H]3CC[C@]2(C)[C@@]1([2H])O[C@@H]1O[C@H](C(=O)O)[C@@H](O)[C@H](O)[C@H]1O. The number of hydrogen-bond acceptors (Lipinski definition) is 7. The molecule has 4 saturated carbocycles. The molecule has 4 aliphatic carbocycles. The summed E-state index contributed by atoms with van der Waals surface area (Å²) in [6, 6.07) is 0. The Morgan fingerprint density at radius 1 is 0.970 bits per heavy atom. The average Bonchev–Trinajstić information content (AvgIpc) is 2.96. The minimum atomic E-state index is -2.16. The fraction of sp³-hybridized carbons (Fsp3) is 0.960. The standard InChI is InChI=1S/C25H40O8/c1-24-9-7-13(26)11-12(24)3-4-14-15-5-6-17(25(15,2)10-8-16(14)24)32-23-20(29)18(27)19(28)21(33-23)22(30)31/h12-21,23,26-29H,3-11H2,1-2H3,(H,30,31)/t12-,13+,14-,15-,16-,17-,18-,19-,20+,21-,23+,24-,25-/m0/s1/i6D2,17D. The molecule has 1 saturated heterocycles. The molecule has 1 heterocycles. The molecule has 0 aromatic heterocycles. The van der Waals surface area contributed by atoms with Gasteiger partial charge < -0.3 is 35.0 Å². The van der Waals surface area contributed by atoms with Crippen LogP contribution in [-0.2, 0) is 14.3 Å². The van der Waals surface area contributed by atoms with Crippen molar-refractivity contribution < 1.29 is 43.9 Å². The summed E-state index contributed by atoms with van der Waals surface area (Å²) in [6.07, 6.45) is -7.96. The Morgan fingerprint density at radius 3 is 2.39 bits per heavy atom. The molecule has 8 nitrogen and oxygen atoms in total. The summed E-state index contributed by atoms with van der Waals surface area (Å²) in [6.45, 7) is 4.18. The van der Waals surface area contributed by atoms with Gasteiger partial charge in [0, 0.05) is 2.74 Å². The van der Waals surface area contributed by atoms with Crippen molar-refractivity contribution >= 4 is 5.97 Å². The van der Waals surface area contributed by atoms with E-state index >= 15 is 0 Å². The third-order valence-electron chi connectivity index (χ3n) is 10.1. The molecular formula is C25H40O8. The fourth-order valence-corrected chi connectivity index (χ4v) is 8.06. The number of aliphatic hydroxyl groups is 4. The van der Waals surface area contributed by atoms with Crippen LogP contribution in [0.1, 0.15) is 75.7 Å². The van der Waals surface area contributed by atoms with Gasteiger partial charge in [0.05, 0.1) is 13.6 Å². The van der Waals surface area contributed by atoms with Gasteiger partial charge in [-0.15, -0.1) is 0 Å². The summed E-state index contributed by atoms with van der Waals surface area (Å²) in [5.74, 6) is -0.705. The summed E-state index contributed by atoms with van der Waals surface area (Å²) in [4.78, 5) is 11.6. The van der Waals surface area contributed by atoms with Crippen molar-refractivity contribution in [2.75, 3.05) is 0 Å². The highest BCUT2D eigenvalue weighted by Gasteiger charge is 2.61. The Kier molecular flexibility index (Phi) is 5.21. The maximum absolute atomic E-state index is 11.6. The topological polar surface area (TPSA) is 137 Å². The van der Waals surface area contributed by atoms with E-state index in [2.05, 4.69) is 6.92 Å². The molecule has 33 heavy (non-hydrogen) atoms. The van der Waals surface area contributed by atoms with Crippen molar-refractivity contribution in [3.63, 3.8) is 0 Å². The van der Waals surface area contributed by atoms with Gasteiger partial charge in [0.25, 0.3) is 0 Å². The van der Waals surface area contributed by atoms with E-state index in [1.165, 1.54) is 0 Å². The normalized spacial score (nSPS) is 61.6. The van der Waals surface area contributed by atoms with E-state index in [1.54, 1.807) is 0 Å². The summed E-state index contributed by atoms with van der Waals surface area (Å²) < 4.78 is 38.4. The van der Waals surface area contributed by atoms with E-state index in [9.17, 15) is 31.7 Å². The van der Waals surface area contributed by atoms with Gasteiger partial charge >= 0.3 is 5.97 Å². The number of hydrogen-bond donors (Lipinski definition) is 5. The van der Waals surface area contributed by atoms with Crippen LogP contribution in [0.5, 0.6) is 0 Å². The lowest BCUT2D eigenvalue weighted by molar-refractivity contribution is -0.313. The molecule has 0 amide bonds. The predicted octanol–water partition coefficient (Wildman–Crippen LogP) is 1.67. The lowest BCUT2D eigenvalue weighted by Gasteiger charge is -2.61. The van der Waals surface area contributed by atoms with E-state index in [0.29, 0.717) is 18.3 Å². The highest BCUT2D eigenvalue weighted by molar-refractivity contribution is 5.73. The van der Waals surface area contributed by atoms with Crippen LogP contribution in [0.3, 0.4) is 0 Å². The van der Waals surface area contributed by atoms with Crippen LogP contribution in [0.4, 0.5) is 0 Å². The Hall–Kier alpha value is -0.770. The van der Waals surface area contributed by atoms with E-state index in [1.807, 2.05) is 6.92 Å². The number of fused-ring (bicyclic) bond motifs is 5. The molecule has 1 aliphatic heterocycles. The third-order valence-corrected chi connectivity index (χ3v) is 10.1. The van der Waals surface area contributed by atoms with Gasteiger partial charge in [0.1, 0.15) is 18.3 Å². The maximum atomic E-state index is 11.6. The molecular weight excluding hydrogens is 428 g/mol. The molecule has 5 rings (SSSR count). The minimum absolute atomic E-state index is 0.0714. The monoisotopic (exact) mass is 471 g/mol. The minimum Gasteiger partial charge on any atom is -0.479 e. The number of carboxylic acid groups (broad SMARTS) is 1. The van der Waals surface area contributed by atoms with Crippen LogP contribution < -0.4 is 0 Å². The van der Waals surface area contributed by atoms with E-state index < -0.39 is 54.5 Å². The molecule has 5 fully saturated rings. The molecule has 0 aromatic carbocycles. The van der Waals surface area contributed by atoms with Gasteiger partial charge in [0.15, 0.2) is 12.4 Å². The number of carboxylic acids is 1. The first-order valence-electron chi connectivity index (χ1n) is 13.9. The van der Waals surface area contributed by atoms with E-state index in [-0.39, 0.29) is 29.8 Å². The number of aliphatic hydroxyl groups excluding tert-OH is 4. The van der Waals surface area contributed by atoms with Crippen LogP contribution in [0.2, 0.25) is 0 Å². The Balaban J connectivity index is 1.44. The molecule has 5 N–H and O–H groups in total. The number of aliphatic carboxylic acids is 1. The van der Waals surface area contributed by atoms with Crippen LogP contribution in [0.25, 0.3) is 0 Å². The van der Waals surface area contributed by atoms with Gasteiger partial charge in [-0.3, -0.25) is 0 Å². The molecule has 188 valence electrons. The second kappa shape index (κ2) is 8.42. The molecule has 8 heteroatoms. The summed E-state index contributed by atoms with van der Waals surface area (Å²) in [7, 11) is 0. The molecule has 0 bridgehead atoms. The molecule has 13 atom stereocenters. The van der Waals surface area contributed by atoms with Crippen molar-refractivity contribution in [2.24, 2.45) is 34.5 Å². The second-order valence-electron chi connectivity index (χ2n) is 11.6. The summed E-state index contributed by atoms with van der Waals surface area (Å²) in [5.41, 5.74) is -0.861. The predicted molar refractivity (Wildman–Crippen MR) is 117 cm³/mol. The van der Waals surface area contributed by atoms with Gasteiger partial charge in [-0.25, -0.2) is 4.79 Å². The number of rotatable bonds is 3. The molecule has 0 unspecified atom stereocenters. The first-order valence-corrected chi connectivity index (χ1v) is 12.4. The summed E-state index contributed by atoms with van der Waals surface area (Å²) in [5, 5.41) is 50.4. The van der Waals surface area contributed by atoms with Crippen molar-refractivity contribution in [3.8, 4) is 0 Å². The van der Waals surface area contributed by atoms with Crippen LogP contribution in [0.15, 0.2) is 0 Å². The lowest BCUT2D eigenvalue weighted by Crippen LogP contribution is -2.61. The fourth-order valence-electron chi connectivity index (χ4n) is 8.06.